The van der Waals surface area contributed by atoms with E-state index in [-0.39, 0.29) is 5.91 Å². The number of hydrogen-bond acceptors (Lipinski definition) is 2. The van der Waals surface area contributed by atoms with Crippen LogP contribution in [0, 0.1) is 12.8 Å². The van der Waals surface area contributed by atoms with E-state index < -0.39 is 11.9 Å². The maximum Gasteiger partial charge on any atom is 0.308 e. The van der Waals surface area contributed by atoms with Crippen molar-refractivity contribution in [2.24, 2.45) is 5.92 Å². The Balaban J connectivity index is 2.08. The van der Waals surface area contributed by atoms with Gasteiger partial charge in [-0.1, -0.05) is 0 Å². The van der Waals surface area contributed by atoms with E-state index in [0.29, 0.717) is 25.1 Å². The van der Waals surface area contributed by atoms with Gasteiger partial charge in [0.1, 0.15) is 0 Å². The minimum Gasteiger partial charge on any atom is -0.481 e. The van der Waals surface area contributed by atoms with E-state index in [2.05, 4.69) is 4.98 Å². The molecule has 1 saturated heterocycles. The molecular formula is C11H14N2O3. The Morgan fingerprint density at radius 3 is 2.75 bits per heavy atom. The van der Waals surface area contributed by atoms with Crippen LogP contribution in [0.15, 0.2) is 12.4 Å². The molecule has 16 heavy (non-hydrogen) atoms. The van der Waals surface area contributed by atoms with Gasteiger partial charge in [0.15, 0.2) is 0 Å². The SMILES string of the molecule is Cc1c[nH]cc1C(=O)N1CCC(C(=O)O)C1. The van der Waals surface area contributed by atoms with Crippen LogP contribution in [0.4, 0.5) is 0 Å². The van der Waals surface area contributed by atoms with Gasteiger partial charge < -0.3 is 15.0 Å². The summed E-state index contributed by atoms with van der Waals surface area (Å²) in [6.45, 7) is 2.70. The Morgan fingerprint density at radius 1 is 1.50 bits per heavy atom. The standard InChI is InChI=1S/C11H14N2O3/c1-7-4-12-5-9(7)10(14)13-3-2-8(6-13)11(15)16/h4-5,8,12H,2-3,6H2,1H3,(H,15,16). The number of nitrogens with zero attached hydrogens (tertiary/aromatic N) is 1. The molecule has 2 N–H and O–H groups in total. The fourth-order valence-corrected chi connectivity index (χ4v) is 1.99. The van der Waals surface area contributed by atoms with Crippen LogP contribution in [0.2, 0.25) is 0 Å². The zero-order valence-corrected chi connectivity index (χ0v) is 9.06. The normalized spacial score (nSPS) is 20.1. The third-order valence-corrected chi connectivity index (χ3v) is 3.01. The first kappa shape index (κ1) is 10.7. The number of aliphatic carboxylic acids is 1. The van der Waals surface area contributed by atoms with E-state index in [9.17, 15) is 9.59 Å². The van der Waals surface area contributed by atoms with Gasteiger partial charge in [-0.15, -0.1) is 0 Å². The lowest BCUT2D eigenvalue weighted by Gasteiger charge is -2.15. The summed E-state index contributed by atoms with van der Waals surface area (Å²) in [6, 6.07) is 0. The summed E-state index contributed by atoms with van der Waals surface area (Å²) in [5.74, 6) is -1.31. The van der Waals surface area contributed by atoms with Gasteiger partial charge >= 0.3 is 5.97 Å². The molecule has 5 nitrogen and oxygen atoms in total. The van der Waals surface area contributed by atoms with Crippen molar-refractivity contribution in [2.45, 2.75) is 13.3 Å². The first-order valence-electron chi connectivity index (χ1n) is 5.25. The topological polar surface area (TPSA) is 73.4 Å². The second-order valence-electron chi connectivity index (χ2n) is 4.13. The second kappa shape index (κ2) is 4.00. The molecule has 1 unspecified atom stereocenters. The molecule has 1 atom stereocenters. The van der Waals surface area contributed by atoms with E-state index in [1.807, 2.05) is 6.92 Å². The van der Waals surface area contributed by atoms with Crippen LogP contribution in [0.5, 0.6) is 0 Å². The number of H-pyrrole nitrogens is 1. The van der Waals surface area contributed by atoms with E-state index in [4.69, 9.17) is 5.11 Å². The summed E-state index contributed by atoms with van der Waals surface area (Å²) in [5.41, 5.74) is 1.52. The number of carboxylic acid groups (broad SMARTS) is 1. The Morgan fingerprint density at radius 2 is 2.25 bits per heavy atom. The molecule has 2 rings (SSSR count). The summed E-state index contributed by atoms with van der Waals surface area (Å²) in [7, 11) is 0. The molecule has 1 aromatic rings. The number of aromatic nitrogens is 1. The molecular weight excluding hydrogens is 208 g/mol. The Bertz CT molecular complexity index is 425. The van der Waals surface area contributed by atoms with Gasteiger partial charge in [-0.2, -0.15) is 0 Å². The lowest BCUT2D eigenvalue weighted by Crippen LogP contribution is -2.30. The zero-order chi connectivity index (χ0) is 11.7. The number of nitrogens with one attached hydrogen (secondary N) is 1. The number of carbonyl (C=O) groups excluding carboxylic acids is 1. The number of carbonyl (C=O) groups is 2. The van der Waals surface area contributed by atoms with Crippen molar-refractivity contribution in [3.63, 3.8) is 0 Å². The minimum absolute atomic E-state index is 0.0810. The molecule has 0 saturated carbocycles. The third-order valence-electron chi connectivity index (χ3n) is 3.01. The average molecular weight is 222 g/mol. The fraction of sp³-hybridized carbons (Fsp3) is 0.455. The van der Waals surface area contributed by atoms with E-state index in [1.165, 1.54) is 0 Å². The zero-order valence-electron chi connectivity index (χ0n) is 9.06. The molecule has 0 aromatic carbocycles. The first-order valence-corrected chi connectivity index (χ1v) is 5.25. The number of amides is 1. The lowest BCUT2D eigenvalue weighted by atomic mass is 10.1. The number of aryl methyl sites for hydroxylation is 1. The van der Waals surface area contributed by atoms with E-state index in [0.717, 1.165) is 5.56 Å². The van der Waals surface area contributed by atoms with Crippen LogP contribution in [-0.2, 0) is 4.79 Å². The van der Waals surface area contributed by atoms with Gasteiger partial charge in [-0.25, -0.2) is 0 Å². The van der Waals surface area contributed by atoms with Crippen LogP contribution in [0.25, 0.3) is 0 Å². The van der Waals surface area contributed by atoms with Crippen LogP contribution in [0.1, 0.15) is 22.3 Å². The smallest absolute Gasteiger partial charge is 0.308 e. The van der Waals surface area contributed by atoms with Crippen molar-refractivity contribution in [1.29, 1.82) is 0 Å². The highest BCUT2D eigenvalue weighted by atomic mass is 16.4. The quantitative estimate of drug-likeness (QED) is 0.779. The van der Waals surface area contributed by atoms with Crippen LogP contribution in [-0.4, -0.2) is 40.0 Å². The van der Waals surface area contributed by atoms with Gasteiger partial charge in [0.05, 0.1) is 11.5 Å². The highest BCUT2D eigenvalue weighted by Crippen LogP contribution is 2.19. The molecule has 0 radical (unpaired) electrons. The highest BCUT2D eigenvalue weighted by Gasteiger charge is 2.31. The molecule has 1 amide bonds. The van der Waals surface area contributed by atoms with Gasteiger partial charge in [-0.3, -0.25) is 9.59 Å². The Kier molecular flexibility index (Phi) is 2.68. The maximum atomic E-state index is 12.0. The first-order chi connectivity index (χ1) is 7.59. The number of carboxylic acids is 1. The number of likely N-dealkylation sites (tertiary alicyclic amines) is 1. The molecule has 1 aliphatic rings. The van der Waals surface area contributed by atoms with Gasteiger partial charge in [0.2, 0.25) is 0 Å². The van der Waals surface area contributed by atoms with Crippen molar-refractivity contribution in [3.8, 4) is 0 Å². The lowest BCUT2D eigenvalue weighted by molar-refractivity contribution is -0.141. The number of rotatable bonds is 2. The molecule has 1 aromatic heterocycles. The fourth-order valence-electron chi connectivity index (χ4n) is 1.99. The van der Waals surface area contributed by atoms with Crippen molar-refractivity contribution in [2.75, 3.05) is 13.1 Å². The molecule has 1 aliphatic heterocycles. The largest absolute Gasteiger partial charge is 0.481 e. The highest BCUT2D eigenvalue weighted by molar-refractivity contribution is 5.96. The molecule has 1 fully saturated rings. The predicted octanol–water partition coefficient (Wildman–Crippen LogP) is 0.870. The summed E-state index contributed by atoms with van der Waals surface area (Å²) < 4.78 is 0. The van der Waals surface area contributed by atoms with Gasteiger partial charge in [0.25, 0.3) is 5.91 Å². The monoisotopic (exact) mass is 222 g/mol. The third kappa shape index (κ3) is 1.80. The van der Waals surface area contributed by atoms with E-state index >= 15 is 0 Å². The van der Waals surface area contributed by atoms with Crippen molar-refractivity contribution in [3.05, 3.63) is 23.5 Å². The molecule has 2 heterocycles. The summed E-state index contributed by atoms with van der Waals surface area (Å²) in [4.78, 5) is 27.3. The van der Waals surface area contributed by atoms with E-state index in [1.54, 1.807) is 17.3 Å². The Labute approximate surface area is 93.1 Å². The predicted molar refractivity (Wildman–Crippen MR) is 57.2 cm³/mol. The molecule has 86 valence electrons. The van der Waals surface area contributed by atoms with Gasteiger partial charge in [-0.05, 0) is 18.9 Å². The average Bonchev–Trinajstić information content (AvgIpc) is 2.84. The molecule has 0 spiro atoms. The number of aromatic amines is 1. The molecule has 5 heteroatoms. The van der Waals surface area contributed by atoms with Crippen LogP contribution >= 0.6 is 0 Å². The number of hydrogen-bond donors (Lipinski definition) is 2. The Hall–Kier alpha value is -1.78. The van der Waals surface area contributed by atoms with Gasteiger partial charge in [0, 0.05) is 25.5 Å². The summed E-state index contributed by atoms with van der Waals surface area (Å²) in [6.07, 6.45) is 3.97. The van der Waals surface area contributed by atoms with Crippen molar-refractivity contribution in [1.82, 2.24) is 9.88 Å². The maximum absolute atomic E-state index is 12.0. The van der Waals surface area contributed by atoms with Crippen LogP contribution in [0.3, 0.4) is 0 Å². The second-order valence-corrected chi connectivity index (χ2v) is 4.13. The molecule has 0 aliphatic carbocycles. The van der Waals surface area contributed by atoms with Crippen molar-refractivity contribution >= 4 is 11.9 Å². The minimum atomic E-state index is -0.818. The van der Waals surface area contributed by atoms with Crippen LogP contribution < -0.4 is 0 Å². The summed E-state index contributed by atoms with van der Waals surface area (Å²) in [5, 5.41) is 8.85. The van der Waals surface area contributed by atoms with Crippen molar-refractivity contribution < 1.29 is 14.7 Å². The molecule has 0 bridgehead atoms. The summed E-state index contributed by atoms with van der Waals surface area (Å²) >= 11 is 0.